The highest BCUT2D eigenvalue weighted by atomic mass is 16.5. The van der Waals surface area contributed by atoms with Crippen molar-refractivity contribution in [3.8, 4) is 5.75 Å². The van der Waals surface area contributed by atoms with E-state index in [2.05, 4.69) is 63.6 Å². The van der Waals surface area contributed by atoms with Gasteiger partial charge in [-0.1, -0.05) is 42.5 Å². The number of hydrogen-bond donors (Lipinski definition) is 1. The zero-order valence-electron chi connectivity index (χ0n) is 19.0. The first-order valence-corrected chi connectivity index (χ1v) is 11.1. The van der Waals surface area contributed by atoms with Crippen LogP contribution in [0.1, 0.15) is 33.1 Å². The average Bonchev–Trinajstić information content (AvgIpc) is 2.84. The fourth-order valence-electron chi connectivity index (χ4n) is 4.29. The molecular weight excluding hydrogens is 398 g/mol. The van der Waals surface area contributed by atoms with Crippen molar-refractivity contribution in [1.29, 1.82) is 0 Å². The number of benzene rings is 3. The van der Waals surface area contributed by atoms with Crippen molar-refractivity contribution in [3.63, 3.8) is 0 Å². The lowest BCUT2D eigenvalue weighted by atomic mass is 9.96. The number of nitrogens with zero attached hydrogens (tertiary/aromatic N) is 2. The van der Waals surface area contributed by atoms with Gasteiger partial charge in [-0.2, -0.15) is 0 Å². The lowest BCUT2D eigenvalue weighted by Gasteiger charge is -2.36. The van der Waals surface area contributed by atoms with Gasteiger partial charge in [0.05, 0.1) is 13.2 Å². The van der Waals surface area contributed by atoms with Crippen LogP contribution in [0.5, 0.6) is 5.75 Å². The third-order valence-electron chi connectivity index (χ3n) is 6.18. The molecule has 1 aliphatic rings. The molecule has 5 heteroatoms. The molecule has 0 saturated carbocycles. The molecule has 32 heavy (non-hydrogen) atoms. The molecule has 0 bridgehead atoms. The third-order valence-corrected chi connectivity index (χ3v) is 6.18. The smallest absolute Gasteiger partial charge is 0.251 e. The molecule has 0 aliphatic carbocycles. The van der Waals surface area contributed by atoms with Gasteiger partial charge in [0.1, 0.15) is 5.75 Å². The van der Waals surface area contributed by atoms with Gasteiger partial charge < -0.3 is 15.0 Å². The maximum absolute atomic E-state index is 12.9. The van der Waals surface area contributed by atoms with Crippen LogP contribution in [0.3, 0.4) is 0 Å². The summed E-state index contributed by atoms with van der Waals surface area (Å²) in [7, 11) is 5.70. The van der Waals surface area contributed by atoms with E-state index in [1.807, 2.05) is 32.3 Å². The van der Waals surface area contributed by atoms with E-state index >= 15 is 0 Å². The number of ether oxygens (including phenoxy) is 1. The molecule has 0 fully saturated rings. The molecule has 1 N–H and O–H groups in total. The van der Waals surface area contributed by atoms with Crippen LogP contribution in [0.4, 0.5) is 5.69 Å². The summed E-state index contributed by atoms with van der Waals surface area (Å²) in [6.07, 6.45) is 1.02. The van der Waals surface area contributed by atoms with E-state index in [-0.39, 0.29) is 11.9 Å². The van der Waals surface area contributed by atoms with Gasteiger partial charge in [-0.25, -0.2) is 0 Å². The van der Waals surface area contributed by atoms with E-state index in [1.54, 1.807) is 13.2 Å². The lowest BCUT2D eigenvalue weighted by Crippen LogP contribution is -2.40. The molecule has 1 aliphatic heterocycles. The molecule has 166 valence electrons. The van der Waals surface area contributed by atoms with Gasteiger partial charge in [-0.15, -0.1) is 0 Å². The van der Waals surface area contributed by atoms with Crippen molar-refractivity contribution in [2.75, 3.05) is 39.2 Å². The number of amides is 1. The van der Waals surface area contributed by atoms with Crippen molar-refractivity contribution in [2.45, 2.75) is 19.0 Å². The molecule has 1 amide bonds. The Balaban J connectivity index is 1.55. The summed E-state index contributed by atoms with van der Waals surface area (Å²) in [6, 6.07) is 24.7. The first-order chi connectivity index (χ1) is 15.5. The van der Waals surface area contributed by atoms with Crippen LogP contribution in [0.15, 0.2) is 72.8 Å². The number of carbonyl (C=O) groups is 1. The normalized spacial score (nSPS) is 14.3. The van der Waals surface area contributed by atoms with Crippen molar-refractivity contribution in [2.24, 2.45) is 0 Å². The highest BCUT2D eigenvalue weighted by Gasteiger charge is 2.25. The summed E-state index contributed by atoms with van der Waals surface area (Å²) in [5.74, 6) is 0.595. The predicted molar refractivity (Wildman–Crippen MR) is 129 cm³/mol. The Kier molecular flexibility index (Phi) is 6.76. The zero-order valence-corrected chi connectivity index (χ0v) is 19.0. The Morgan fingerprint density at radius 2 is 1.78 bits per heavy atom. The molecule has 0 saturated heterocycles. The van der Waals surface area contributed by atoms with E-state index in [0.29, 0.717) is 17.9 Å². The molecule has 5 nitrogen and oxygen atoms in total. The first-order valence-electron chi connectivity index (χ1n) is 11.1. The summed E-state index contributed by atoms with van der Waals surface area (Å²) in [5, 5.41) is 3.16. The van der Waals surface area contributed by atoms with Crippen molar-refractivity contribution < 1.29 is 9.53 Å². The fourth-order valence-corrected chi connectivity index (χ4v) is 4.29. The maximum atomic E-state index is 12.9. The summed E-state index contributed by atoms with van der Waals surface area (Å²) in [5.41, 5.74) is 5.77. The number of methoxy groups -OCH3 is 1. The third kappa shape index (κ3) is 4.94. The predicted octanol–water partition coefficient (Wildman–Crippen LogP) is 4.29. The second kappa shape index (κ2) is 9.88. The van der Waals surface area contributed by atoms with Gasteiger partial charge in [-0.05, 0) is 53.4 Å². The molecule has 0 spiro atoms. The van der Waals surface area contributed by atoms with Crippen LogP contribution in [0.25, 0.3) is 0 Å². The Morgan fingerprint density at radius 1 is 1.03 bits per heavy atom. The Bertz CT molecular complexity index is 1060. The fraction of sp³-hybridized carbons (Fsp3) is 0.296. The molecule has 0 radical (unpaired) electrons. The van der Waals surface area contributed by atoms with Crippen LogP contribution in [0, 0.1) is 0 Å². The molecular formula is C27H31N3O2. The van der Waals surface area contributed by atoms with E-state index < -0.39 is 0 Å². The van der Waals surface area contributed by atoms with Gasteiger partial charge in [0.2, 0.25) is 0 Å². The number of anilines is 1. The minimum Gasteiger partial charge on any atom is -0.497 e. The number of hydrogen-bond acceptors (Lipinski definition) is 4. The number of nitrogens with one attached hydrogen (secondary N) is 1. The second-order valence-electron chi connectivity index (χ2n) is 8.43. The highest BCUT2D eigenvalue weighted by Crippen LogP contribution is 2.29. The van der Waals surface area contributed by atoms with Crippen molar-refractivity contribution >= 4 is 11.6 Å². The minimum atomic E-state index is -0.0868. The van der Waals surface area contributed by atoms with Crippen LogP contribution >= 0.6 is 0 Å². The number of fused-ring (bicyclic) bond motifs is 1. The van der Waals surface area contributed by atoms with E-state index in [9.17, 15) is 4.79 Å². The standard InChI is InChI=1S/C27H31N3O2/c1-29(2)24-13-11-21(12-14-24)26(30-16-15-20-7-4-5-8-23(20)19-30)18-28-27(31)22-9-6-10-25(17-22)32-3/h4-14,17,26H,15-16,18-19H2,1-3H3,(H,28,31)/t26-/m1/s1. The summed E-state index contributed by atoms with van der Waals surface area (Å²) >= 11 is 0. The maximum Gasteiger partial charge on any atom is 0.251 e. The molecule has 0 aromatic heterocycles. The van der Waals surface area contributed by atoms with Crippen molar-refractivity contribution in [3.05, 3.63) is 95.1 Å². The summed E-state index contributed by atoms with van der Waals surface area (Å²) in [4.78, 5) is 17.5. The van der Waals surface area contributed by atoms with Crippen molar-refractivity contribution in [1.82, 2.24) is 10.2 Å². The quantitative estimate of drug-likeness (QED) is 0.609. The molecule has 4 rings (SSSR count). The monoisotopic (exact) mass is 429 g/mol. The molecule has 3 aromatic rings. The van der Waals surface area contributed by atoms with Gasteiger partial charge >= 0.3 is 0 Å². The lowest BCUT2D eigenvalue weighted by molar-refractivity contribution is 0.0927. The van der Waals surface area contributed by atoms with Crippen LogP contribution in [-0.2, 0) is 13.0 Å². The van der Waals surface area contributed by atoms with Gasteiger partial charge in [-0.3, -0.25) is 9.69 Å². The minimum absolute atomic E-state index is 0.0868. The van der Waals surface area contributed by atoms with E-state index in [4.69, 9.17) is 4.74 Å². The second-order valence-corrected chi connectivity index (χ2v) is 8.43. The number of carbonyl (C=O) groups excluding carboxylic acids is 1. The first kappa shape index (κ1) is 21.9. The van der Waals surface area contributed by atoms with Gasteiger partial charge in [0.15, 0.2) is 0 Å². The Morgan fingerprint density at radius 3 is 2.50 bits per heavy atom. The number of rotatable bonds is 7. The summed E-state index contributed by atoms with van der Waals surface area (Å²) < 4.78 is 5.27. The molecule has 1 heterocycles. The van der Waals surface area contributed by atoms with Gasteiger partial charge in [0, 0.05) is 45.0 Å². The van der Waals surface area contributed by atoms with Crippen LogP contribution in [0.2, 0.25) is 0 Å². The van der Waals surface area contributed by atoms with E-state index in [0.717, 1.165) is 25.2 Å². The Hall–Kier alpha value is -3.31. The summed E-state index contributed by atoms with van der Waals surface area (Å²) in [6.45, 7) is 2.39. The average molecular weight is 430 g/mol. The SMILES string of the molecule is COc1cccc(C(=O)NC[C@H](c2ccc(N(C)C)cc2)N2CCc3ccccc3C2)c1. The Labute approximate surface area is 190 Å². The van der Waals surface area contributed by atoms with Crippen LogP contribution < -0.4 is 15.0 Å². The topological polar surface area (TPSA) is 44.8 Å². The van der Waals surface area contributed by atoms with E-state index in [1.165, 1.54) is 16.7 Å². The molecule has 1 atom stereocenters. The zero-order chi connectivity index (χ0) is 22.5. The largest absolute Gasteiger partial charge is 0.497 e. The highest BCUT2D eigenvalue weighted by molar-refractivity contribution is 5.94. The van der Waals surface area contributed by atoms with Gasteiger partial charge in [0.25, 0.3) is 5.91 Å². The molecule has 0 unspecified atom stereocenters. The van der Waals surface area contributed by atoms with Crippen LogP contribution in [-0.4, -0.2) is 45.1 Å². The molecule has 3 aromatic carbocycles.